The molecule has 3 aliphatic rings. The molecule has 2 N–H and O–H groups in total. The zero-order chi connectivity index (χ0) is 26.5. The topological polar surface area (TPSA) is 93.7 Å². The molecular formula is C27H30FN7O2S. The standard InChI is InChI=1S/C27H30FN7O2S/c1-3-38(36,37)35-18-27(10-11-27)22-9-6-20(16-24(22)35)30-25-23(28)17-29-26(32-25)31-19-4-7-21(8-5-19)34-14-12-33(2)13-15-34/h3-9,16-17H,1,10-15,18H2,2H3,(H2,29,30,31,32). The molecule has 1 aromatic heterocycles. The van der Waals surface area contributed by atoms with Crippen molar-refractivity contribution in [3.05, 3.63) is 72.0 Å². The van der Waals surface area contributed by atoms with Crippen molar-refractivity contribution in [2.75, 3.05) is 59.6 Å². The van der Waals surface area contributed by atoms with Gasteiger partial charge in [0.1, 0.15) is 0 Å². The summed E-state index contributed by atoms with van der Waals surface area (Å²) in [6.07, 6.45) is 3.00. The summed E-state index contributed by atoms with van der Waals surface area (Å²) in [4.78, 5) is 13.1. The van der Waals surface area contributed by atoms with E-state index >= 15 is 0 Å². The maximum Gasteiger partial charge on any atom is 0.256 e. The van der Waals surface area contributed by atoms with Crippen LogP contribution in [0.2, 0.25) is 0 Å². The Morgan fingerprint density at radius 1 is 1.03 bits per heavy atom. The number of fused-ring (bicyclic) bond motifs is 2. The van der Waals surface area contributed by atoms with Gasteiger partial charge < -0.3 is 20.4 Å². The number of benzene rings is 2. The van der Waals surface area contributed by atoms with Gasteiger partial charge in [-0.15, -0.1) is 0 Å². The normalized spacial score (nSPS) is 18.4. The Bertz CT molecular complexity index is 1480. The second-order valence-electron chi connectivity index (χ2n) is 10.2. The minimum atomic E-state index is -3.64. The van der Waals surface area contributed by atoms with Crippen LogP contribution in [0, 0.1) is 5.82 Å². The lowest BCUT2D eigenvalue weighted by atomic mass is 9.98. The lowest BCUT2D eigenvalue weighted by Gasteiger charge is -2.34. The molecule has 1 saturated heterocycles. The van der Waals surface area contributed by atoms with Gasteiger partial charge in [-0.2, -0.15) is 4.98 Å². The van der Waals surface area contributed by atoms with Crippen LogP contribution in [0.15, 0.2) is 60.6 Å². The maximum absolute atomic E-state index is 14.7. The van der Waals surface area contributed by atoms with Crippen molar-refractivity contribution in [3.63, 3.8) is 0 Å². The highest BCUT2D eigenvalue weighted by Crippen LogP contribution is 2.57. The van der Waals surface area contributed by atoms with Crippen molar-refractivity contribution in [1.29, 1.82) is 0 Å². The van der Waals surface area contributed by atoms with Crippen molar-refractivity contribution in [2.45, 2.75) is 18.3 Å². The van der Waals surface area contributed by atoms with Gasteiger partial charge in [0, 0.05) is 60.6 Å². The van der Waals surface area contributed by atoms with Crippen LogP contribution in [0.1, 0.15) is 18.4 Å². The summed E-state index contributed by atoms with van der Waals surface area (Å²) in [6.45, 7) is 7.92. The second kappa shape index (κ2) is 9.25. The fourth-order valence-corrected chi connectivity index (χ4v) is 6.24. The lowest BCUT2D eigenvalue weighted by Crippen LogP contribution is -2.44. The molecule has 1 spiro atoms. The van der Waals surface area contributed by atoms with E-state index in [0.717, 1.165) is 67.6 Å². The molecule has 2 fully saturated rings. The van der Waals surface area contributed by atoms with Crippen LogP contribution in [0.4, 0.5) is 38.9 Å². The van der Waals surface area contributed by atoms with Crippen LogP contribution in [0.25, 0.3) is 0 Å². The first kappa shape index (κ1) is 24.6. The SMILES string of the molecule is C=CS(=O)(=O)N1CC2(CC2)c2ccc(Nc3nc(Nc4ccc(N5CCN(C)CC5)cc4)ncc3F)cc21. The summed E-state index contributed by atoms with van der Waals surface area (Å²) in [6, 6.07) is 13.5. The molecule has 1 saturated carbocycles. The van der Waals surface area contributed by atoms with Crippen molar-refractivity contribution in [1.82, 2.24) is 14.9 Å². The number of nitrogens with one attached hydrogen (secondary N) is 2. The van der Waals surface area contributed by atoms with Crippen molar-refractivity contribution in [3.8, 4) is 0 Å². The highest BCUT2D eigenvalue weighted by Gasteiger charge is 2.53. The Kier molecular flexibility index (Phi) is 5.99. The molecule has 2 aromatic carbocycles. The number of piperazine rings is 1. The Labute approximate surface area is 222 Å². The molecule has 0 unspecified atom stereocenters. The third kappa shape index (κ3) is 4.56. The van der Waals surface area contributed by atoms with Crippen LogP contribution in [0.5, 0.6) is 0 Å². The van der Waals surface area contributed by atoms with E-state index in [1.165, 1.54) is 4.31 Å². The van der Waals surface area contributed by atoms with Crippen molar-refractivity contribution >= 4 is 44.5 Å². The summed E-state index contributed by atoms with van der Waals surface area (Å²) >= 11 is 0. The van der Waals surface area contributed by atoms with Gasteiger partial charge in [0.05, 0.1) is 11.9 Å². The second-order valence-corrected chi connectivity index (χ2v) is 12.0. The van der Waals surface area contributed by atoms with E-state index in [4.69, 9.17) is 0 Å². The molecule has 9 nitrogen and oxygen atoms in total. The first-order valence-electron chi connectivity index (χ1n) is 12.7. The molecule has 0 bridgehead atoms. The molecular weight excluding hydrogens is 505 g/mol. The number of halogens is 1. The molecule has 0 atom stereocenters. The number of rotatable bonds is 7. The zero-order valence-electron chi connectivity index (χ0n) is 21.2. The number of hydrogen-bond donors (Lipinski definition) is 2. The summed E-state index contributed by atoms with van der Waals surface area (Å²) in [5, 5.41) is 7.10. The third-order valence-electron chi connectivity index (χ3n) is 7.65. The first-order chi connectivity index (χ1) is 18.3. The van der Waals surface area contributed by atoms with E-state index in [1.807, 2.05) is 24.3 Å². The molecule has 3 aromatic rings. The number of likely N-dealkylation sites (N-methyl/N-ethyl adjacent to an activating group) is 1. The Balaban J connectivity index is 1.20. The average Bonchev–Trinajstić information content (AvgIpc) is 3.63. The zero-order valence-corrected chi connectivity index (χ0v) is 22.0. The molecule has 0 radical (unpaired) electrons. The third-order valence-corrected chi connectivity index (χ3v) is 9.02. The number of anilines is 6. The summed E-state index contributed by atoms with van der Waals surface area (Å²) in [7, 11) is -1.51. The Hall–Kier alpha value is -3.70. The molecule has 198 valence electrons. The largest absolute Gasteiger partial charge is 0.369 e. The highest BCUT2D eigenvalue weighted by atomic mass is 32.2. The van der Waals surface area contributed by atoms with E-state index in [0.29, 0.717) is 17.9 Å². The van der Waals surface area contributed by atoms with E-state index in [1.54, 1.807) is 6.07 Å². The van der Waals surface area contributed by atoms with Gasteiger partial charge in [-0.3, -0.25) is 4.31 Å². The molecule has 6 rings (SSSR count). The lowest BCUT2D eigenvalue weighted by molar-refractivity contribution is 0.313. The molecule has 3 heterocycles. The van der Waals surface area contributed by atoms with Crippen molar-refractivity contribution < 1.29 is 12.8 Å². The highest BCUT2D eigenvalue weighted by molar-refractivity contribution is 7.95. The van der Waals surface area contributed by atoms with Crippen LogP contribution >= 0.6 is 0 Å². The monoisotopic (exact) mass is 535 g/mol. The predicted molar refractivity (Wildman–Crippen MR) is 149 cm³/mol. The first-order valence-corrected chi connectivity index (χ1v) is 14.2. The minimum absolute atomic E-state index is 0.00577. The van der Waals surface area contributed by atoms with E-state index in [-0.39, 0.29) is 17.2 Å². The summed E-state index contributed by atoms with van der Waals surface area (Å²) in [5.41, 5.74) is 3.95. The van der Waals surface area contributed by atoms with Crippen LogP contribution < -0.4 is 19.8 Å². The Morgan fingerprint density at radius 2 is 1.74 bits per heavy atom. The van der Waals surface area contributed by atoms with Gasteiger partial charge >= 0.3 is 0 Å². The van der Waals surface area contributed by atoms with Crippen LogP contribution in [-0.2, 0) is 15.4 Å². The smallest absolute Gasteiger partial charge is 0.256 e. The van der Waals surface area contributed by atoms with E-state index in [2.05, 4.69) is 56.2 Å². The molecule has 1 aliphatic carbocycles. The van der Waals surface area contributed by atoms with Crippen LogP contribution in [-0.4, -0.2) is 63.1 Å². The van der Waals surface area contributed by atoms with Gasteiger partial charge in [-0.05, 0) is 61.9 Å². The number of hydrogen-bond acceptors (Lipinski definition) is 8. The van der Waals surface area contributed by atoms with Gasteiger partial charge in [0.2, 0.25) is 5.95 Å². The van der Waals surface area contributed by atoms with E-state index < -0.39 is 15.8 Å². The Morgan fingerprint density at radius 3 is 2.42 bits per heavy atom. The molecule has 11 heteroatoms. The average molecular weight is 536 g/mol. The van der Waals surface area contributed by atoms with Crippen LogP contribution in [0.3, 0.4) is 0 Å². The summed E-state index contributed by atoms with van der Waals surface area (Å²) < 4.78 is 41.3. The van der Waals surface area contributed by atoms with Gasteiger partial charge in [0.15, 0.2) is 11.6 Å². The van der Waals surface area contributed by atoms with Gasteiger partial charge in [-0.1, -0.05) is 12.6 Å². The molecule has 2 aliphatic heterocycles. The van der Waals surface area contributed by atoms with Gasteiger partial charge in [0.25, 0.3) is 10.0 Å². The minimum Gasteiger partial charge on any atom is -0.369 e. The predicted octanol–water partition coefficient (Wildman–Crippen LogP) is 4.18. The number of sulfonamides is 1. The fraction of sp³-hybridized carbons (Fsp3) is 0.333. The fourth-order valence-electron chi connectivity index (χ4n) is 5.21. The molecule has 0 amide bonds. The molecule has 38 heavy (non-hydrogen) atoms. The number of nitrogens with zero attached hydrogens (tertiary/aromatic N) is 5. The van der Waals surface area contributed by atoms with Crippen molar-refractivity contribution in [2.24, 2.45) is 0 Å². The quantitative estimate of drug-likeness (QED) is 0.466. The van der Waals surface area contributed by atoms with Gasteiger partial charge in [-0.25, -0.2) is 17.8 Å². The van der Waals surface area contributed by atoms with E-state index in [9.17, 15) is 12.8 Å². The number of aromatic nitrogens is 2. The maximum atomic E-state index is 14.7. The summed E-state index contributed by atoms with van der Waals surface area (Å²) in [5.74, 6) is -0.375.